The number of hydrogen-bond acceptors (Lipinski definition) is 0. The lowest BCUT2D eigenvalue weighted by Crippen LogP contribution is -2.33. The summed E-state index contributed by atoms with van der Waals surface area (Å²) in [6.45, 7) is 19.6. The van der Waals surface area contributed by atoms with E-state index in [2.05, 4.69) is 210 Å². The third kappa shape index (κ3) is 5.45. The van der Waals surface area contributed by atoms with E-state index in [4.69, 9.17) is 0 Å². The summed E-state index contributed by atoms with van der Waals surface area (Å²) in [4.78, 5) is 0. The molecule has 0 N–H and O–H groups in total. The molecule has 0 fully saturated rings. The van der Waals surface area contributed by atoms with Crippen LogP contribution < -0.4 is 0 Å². The number of nitrogens with zero attached hydrogens (tertiary/aromatic N) is 2. The summed E-state index contributed by atoms with van der Waals surface area (Å²) < 4.78 is 5.17. The number of fused-ring (bicyclic) bond motifs is 8. The first kappa shape index (κ1) is 37.2. The molecule has 11 rings (SSSR count). The first-order chi connectivity index (χ1) is 28.7. The van der Waals surface area contributed by atoms with Crippen LogP contribution >= 0.6 is 0 Å². The molecule has 0 saturated heterocycles. The molecule has 2 aromatic heterocycles. The molecular formula is C58H56N2. The van der Waals surface area contributed by atoms with E-state index in [0.717, 1.165) is 0 Å². The highest BCUT2D eigenvalue weighted by atomic mass is 15.0. The summed E-state index contributed by atoms with van der Waals surface area (Å²) >= 11 is 0. The van der Waals surface area contributed by atoms with Gasteiger partial charge in [-0.25, -0.2) is 0 Å². The van der Waals surface area contributed by atoms with Crippen LogP contribution in [0, 0.1) is 0 Å². The highest BCUT2D eigenvalue weighted by molar-refractivity contribution is 6.14. The van der Waals surface area contributed by atoms with E-state index >= 15 is 0 Å². The molecule has 60 heavy (non-hydrogen) atoms. The van der Waals surface area contributed by atoms with Gasteiger partial charge in [-0.2, -0.15) is 0 Å². The predicted octanol–water partition coefficient (Wildman–Crippen LogP) is 15.9. The predicted molar refractivity (Wildman–Crippen MR) is 257 cm³/mol. The molecule has 7 aromatic carbocycles. The van der Waals surface area contributed by atoms with Crippen LogP contribution in [-0.4, -0.2) is 9.13 Å². The number of hydrogen-bond donors (Lipinski definition) is 0. The van der Waals surface area contributed by atoms with Gasteiger partial charge in [0.05, 0.1) is 27.8 Å². The van der Waals surface area contributed by atoms with Gasteiger partial charge in [0, 0.05) is 38.4 Å². The van der Waals surface area contributed by atoms with Crippen LogP contribution in [0.25, 0.3) is 77.2 Å². The third-order valence-corrected chi connectivity index (χ3v) is 15.1. The van der Waals surface area contributed by atoms with Crippen molar-refractivity contribution in [2.75, 3.05) is 0 Å². The lowest BCUT2D eigenvalue weighted by Gasteiger charge is -2.42. The second-order valence-electron chi connectivity index (χ2n) is 20.7. The Morgan fingerprint density at radius 1 is 0.333 bits per heavy atom. The van der Waals surface area contributed by atoms with E-state index in [9.17, 15) is 0 Å². The van der Waals surface area contributed by atoms with Crippen molar-refractivity contribution in [2.45, 2.75) is 103 Å². The zero-order chi connectivity index (χ0) is 41.3. The summed E-state index contributed by atoms with van der Waals surface area (Å²) in [5.41, 5.74) is 18.8. The van der Waals surface area contributed by atoms with Gasteiger partial charge in [-0.05, 0) is 129 Å². The summed E-state index contributed by atoms with van der Waals surface area (Å²) in [5.74, 6) is 0. The second-order valence-corrected chi connectivity index (χ2v) is 20.7. The minimum atomic E-state index is 0.0666. The fourth-order valence-corrected chi connectivity index (χ4v) is 11.2. The van der Waals surface area contributed by atoms with Crippen molar-refractivity contribution >= 4 is 43.6 Å². The van der Waals surface area contributed by atoms with Gasteiger partial charge < -0.3 is 9.13 Å². The number of rotatable bonds is 4. The monoisotopic (exact) mass is 780 g/mol. The standard InChI is InChI=1S/C58H56N2/c1-55(2)28-30-57(5,6)48-35-52-44(33-46(48)55)42-22-15-16-25-50(42)59(52)39-26-27-51-43(32-39)45-34-47-49(58(7,8)31-29-56(47,3)4)36-53(45)60(51)54-40(37-18-11-9-12-19-37)23-17-24-41(54)38-20-13-10-14-21-38/h9-27,32-36H,28-31H2,1-8H3. The zero-order valence-corrected chi connectivity index (χ0v) is 36.6. The Kier molecular flexibility index (Phi) is 7.94. The fraction of sp³-hybridized carbons (Fsp3) is 0.276. The maximum absolute atomic E-state index is 2.62. The van der Waals surface area contributed by atoms with Gasteiger partial charge in [-0.3, -0.25) is 0 Å². The van der Waals surface area contributed by atoms with Crippen molar-refractivity contribution in [1.82, 2.24) is 9.13 Å². The largest absolute Gasteiger partial charge is 0.309 e. The van der Waals surface area contributed by atoms with Crippen LogP contribution in [0.3, 0.4) is 0 Å². The topological polar surface area (TPSA) is 9.86 Å². The van der Waals surface area contributed by atoms with Gasteiger partial charge in [0.25, 0.3) is 0 Å². The molecule has 0 atom stereocenters. The summed E-state index contributed by atoms with van der Waals surface area (Å²) in [5, 5.41) is 5.27. The number of para-hydroxylation sites is 2. The molecule has 2 nitrogen and oxygen atoms in total. The molecule has 2 aliphatic carbocycles. The van der Waals surface area contributed by atoms with E-state index in [1.54, 1.807) is 0 Å². The van der Waals surface area contributed by atoms with Crippen LogP contribution in [0.15, 0.2) is 146 Å². The van der Waals surface area contributed by atoms with Crippen molar-refractivity contribution in [3.8, 4) is 33.6 Å². The molecule has 0 radical (unpaired) electrons. The second kappa shape index (κ2) is 12.8. The summed E-state index contributed by atoms with van der Waals surface area (Å²) in [6, 6.07) is 55.5. The minimum absolute atomic E-state index is 0.0666. The quantitative estimate of drug-likeness (QED) is 0.168. The smallest absolute Gasteiger partial charge is 0.0618 e. The number of benzene rings is 7. The van der Waals surface area contributed by atoms with Crippen molar-refractivity contribution in [3.05, 3.63) is 168 Å². The Morgan fingerprint density at radius 3 is 1.28 bits per heavy atom. The molecule has 298 valence electrons. The van der Waals surface area contributed by atoms with Gasteiger partial charge in [-0.15, -0.1) is 0 Å². The highest BCUT2D eigenvalue weighted by Gasteiger charge is 2.39. The summed E-state index contributed by atoms with van der Waals surface area (Å²) in [7, 11) is 0. The minimum Gasteiger partial charge on any atom is -0.309 e. The SMILES string of the molecule is CC1(C)CCC(C)(C)c2cc3c(cc21)c1ccccc1n3-c1ccc2c(c1)c1cc3c(cc1n2-c1c(-c2ccccc2)cccc1-c1ccccc1)C(C)(C)CCC3(C)C. The molecule has 2 heteroatoms. The third-order valence-electron chi connectivity index (χ3n) is 15.1. The molecule has 0 spiro atoms. The first-order valence-electron chi connectivity index (χ1n) is 22.2. The Morgan fingerprint density at radius 2 is 0.750 bits per heavy atom. The van der Waals surface area contributed by atoms with E-state index in [-0.39, 0.29) is 21.7 Å². The lowest BCUT2D eigenvalue weighted by molar-refractivity contribution is 0.332. The number of aromatic nitrogens is 2. The van der Waals surface area contributed by atoms with E-state index in [1.807, 2.05) is 0 Å². The lowest BCUT2D eigenvalue weighted by atomic mass is 9.63. The molecule has 0 bridgehead atoms. The molecule has 0 amide bonds. The Labute approximate surface area is 355 Å². The van der Waals surface area contributed by atoms with Crippen molar-refractivity contribution in [3.63, 3.8) is 0 Å². The van der Waals surface area contributed by atoms with E-state index < -0.39 is 0 Å². The van der Waals surface area contributed by atoms with Crippen LogP contribution in [0.1, 0.15) is 103 Å². The van der Waals surface area contributed by atoms with Crippen LogP contribution in [-0.2, 0) is 21.7 Å². The van der Waals surface area contributed by atoms with Gasteiger partial charge in [0.2, 0.25) is 0 Å². The van der Waals surface area contributed by atoms with Gasteiger partial charge in [0.15, 0.2) is 0 Å². The van der Waals surface area contributed by atoms with E-state index in [0.29, 0.717) is 0 Å². The van der Waals surface area contributed by atoms with Crippen molar-refractivity contribution < 1.29 is 0 Å². The maximum Gasteiger partial charge on any atom is 0.0618 e. The molecule has 2 aliphatic rings. The van der Waals surface area contributed by atoms with Gasteiger partial charge >= 0.3 is 0 Å². The average molecular weight is 781 g/mol. The highest BCUT2D eigenvalue weighted by Crippen LogP contribution is 2.51. The molecule has 9 aromatic rings. The van der Waals surface area contributed by atoms with Crippen molar-refractivity contribution in [1.29, 1.82) is 0 Å². The zero-order valence-electron chi connectivity index (χ0n) is 36.6. The average Bonchev–Trinajstić information content (AvgIpc) is 3.75. The van der Waals surface area contributed by atoms with Crippen molar-refractivity contribution in [2.24, 2.45) is 0 Å². The Bertz CT molecular complexity index is 3130. The van der Waals surface area contributed by atoms with E-state index in [1.165, 1.54) is 125 Å². The summed E-state index contributed by atoms with van der Waals surface area (Å²) in [6.07, 6.45) is 4.74. The van der Waals surface area contributed by atoms with Gasteiger partial charge in [0.1, 0.15) is 0 Å². The molecular weight excluding hydrogens is 725 g/mol. The van der Waals surface area contributed by atoms with Crippen LogP contribution in [0.5, 0.6) is 0 Å². The Balaban J connectivity index is 1.27. The Hall–Kier alpha value is -5.86. The first-order valence-corrected chi connectivity index (χ1v) is 22.2. The van der Waals surface area contributed by atoms with Gasteiger partial charge in [-0.1, -0.05) is 152 Å². The molecule has 0 unspecified atom stereocenters. The maximum atomic E-state index is 2.62. The molecule has 0 aliphatic heterocycles. The van der Waals surface area contributed by atoms with Crippen LogP contribution in [0.2, 0.25) is 0 Å². The normalized spacial score (nSPS) is 17.6. The molecule has 0 saturated carbocycles. The fourth-order valence-electron chi connectivity index (χ4n) is 11.2. The molecule has 2 heterocycles. The van der Waals surface area contributed by atoms with Crippen LogP contribution in [0.4, 0.5) is 0 Å².